The summed E-state index contributed by atoms with van der Waals surface area (Å²) in [6.07, 6.45) is 4.33. The lowest BCUT2D eigenvalue weighted by Crippen LogP contribution is -2.35. The van der Waals surface area contributed by atoms with Crippen molar-refractivity contribution in [1.82, 2.24) is 10.3 Å². The van der Waals surface area contributed by atoms with Crippen molar-refractivity contribution in [2.24, 2.45) is 0 Å². The Labute approximate surface area is 83.7 Å². The number of oxazole rings is 1. The van der Waals surface area contributed by atoms with E-state index >= 15 is 0 Å². The molecule has 0 aromatic carbocycles. The Balaban J connectivity index is 1.76. The fourth-order valence-corrected chi connectivity index (χ4v) is 1.64. The Morgan fingerprint density at radius 3 is 3.29 bits per heavy atom. The van der Waals surface area contributed by atoms with Crippen LogP contribution in [0.15, 0.2) is 10.7 Å². The lowest BCUT2D eigenvalue weighted by Gasteiger charge is -2.22. The molecule has 1 fully saturated rings. The third-order valence-electron chi connectivity index (χ3n) is 2.39. The van der Waals surface area contributed by atoms with Crippen molar-refractivity contribution in [2.45, 2.75) is 32.5 Å². The van der Waals surface area contributed by atoms with Gasteiger partial charge in [-0.1, -0.05) is 0 Å². The number of rotatable bonds is 3. The Hall–Kier alpha value is -0.870. The van der Waals surface area contributed by atoms with Crippen LogP contribution in [0.2, 0.25) is 0 Å². The minimum atomic E-state index is 0.334. The Bertz CT molecular complexity index is 279. The number of hydrogen-bond acceptors (Lipinski definition) is 4. The van der Waals surface area contributed by atoms with Crippen molar-refractivity contribution >= 4 is 0 Å². The quantitative estimate of drug-likeness (QED) is 0.790. The lowest BCUT2D eigenvalue weighted by atomic mass is 10.1. The first kappa shape index (κ1) is 9.68. The molecular formula is C10H16N2O2. The average molecular weight is 196 g/mol. The zero-order chi connectivity index (χ0) is 9.80. The first-order valence-electron chi connectivity index (χ1n) is 5.08. The summed E-state index contributed by atoms with van der Waals surface area (Å²) in [5.41, 5.74) is 0.882. The Kier molecular flexibility index (Phi) is 3.16. The maximum absolute atomic E-state index is 5.70. The first-order valence-corrected chi connectivity index (χ1v) is 5.08. The van der Waals surface area contributed by atoms with Gasteiger partial charge < -0.3 is 14.5 Å². The molecule has 0 radical (unpaired) electrons. The van der Waals surface area contributed by atoms with Crippen LogP contribution in [0.5, 0.6) is 0 Å². The third kappa shape index (κ3) is 2.56. The summed E-state index contributed by atoms with van der Waals surface area (Å²) in [5, 5.41) is 3.31. The van der Waals surface area contributed by atoms with E-state index in [1.807, 2.05) is 6.92 Å². The van der Waals surface area contributed by atoms with Crippen LogP contribution in [0.4, 0.5) is 0 Å². The number of aromatic nitrogens is 1. The van der Waals surface area contributed by atoms with Crippen LogP contribution in [0.1, 0.15) is 24.4 Å². The molecule has 1 aromatic heterocycles. The molecule has 0 amide bonds. The fourth-order valence-electron chi connectivity index (χ4n) is 1.64. The van der Waals surface area contributed by atoms with Gasteiger partial charge in [-0.3, -0.25) is 0 Å². The normalized spacial score (nSPS) is 22.5. The van der Waals surface area contributed by atoms with Crippen molar-refractivity contribution in [1.29, 1.82) is 0 Å². The molecule has 0 aliphatic carbocycles. The molecular weight excluding hydrogens is 180 g/mol. The number of hydrogen-bond donors (Lipinski definition) is 1. The molecule has 0 saturated carbocycles. The molecule has 4 nitrogen and oxygen atoms in total. The molecule has 1 saturated heterocycles. The van der Waals surface area contributed by atoms with Gasteiger partial charge in [0.05, 0.1) is 12.7 Å². The van der Waals surface area contributed by atoms with E-state index < -0.39 is 0 Å². The molecule has 1 aromatic rings. The van der Waals surface area contributed by atoms with Gasteiger partial charge in [0.25, 0.3) is 0 Å². The molecule has 1 atom stereocenters. The van der Waals surface area contributed by atoms with Crippen LogP contribution in [-0.4, -0.2) is 24.2 Å². The van der Waals surface area contributed by atoms with Crippen molar-refractivity contribution in [3.8, 4) is 0 Å². The number of piperidine rings is 1. The van der Waals surface area contributed by atoms with Gasteiger partial charge in [0.15, 0.2) is 5.89 Å². The van der Waals surface area contributed by atoms with Crippen LogP contribution in [0.3, 0.4) is 0 Å². The van der Waals surface area contributed by atoms with Gasteiger partial charge in [-0.05, 0) is 19.4 Å². The van der Waals surface area contributed by atoms with E-state index in [9.17, 15) is 0 Å². The average Bonchev–Trinajstić information content (AvgIpc) is 2.63. The maximum Gasteiger partial charge on any atom is 0.191 e. The Morgan fingerprint density at radius 2 is 2.64 bits per heavy atom. The predicted molar refractivity (Wildman–Crippen MR) is 51.9 cm³/mol. The lowest BCUT2D eigenvalue weighted by molar-refractivity contribution is 0.0236. The zero-order valence-electron chi connectivity index (χ0n) is 8.45. The van der Waals surface area contributed by atoms with Crippen molar-refractivity contribution in [3.05, 3.63) is 17.8 Å². The van der Waals surface area contributed by atoms with Gasteiger partial charge in [-0.15, -0.1) is 0 Å². The predicted octanol–water partition coefficient (Wildman–Crippen LogP) is 1.25. The van der Waals surface area contributed by atoms with Crippen LogP contribution >= 0.6 is 0 Å². The van der Waals surface area contributed by atoms with E-state index in [0.717, 1.165) is 25.2 Å². The molecule has 1 aliphatic heterocycles. The van der Waals surface area contributed by atoms with Gasteiger partial charge in [0.1, 0.15) is 12.0 Å². The molecule has 2 heterocycles. The molecule has 4 heteroatoms. The van der Waals surface area contributed by atoms with Gasteiger partial charge >= 0.3 is 0 Å². The van der Waals surface area contributed by atoms with Gasteiger partial charge in [-0.2, -0.15) is 0 Å². The third-order valence-corrected chi connectivity index (χ3v) is 2.39. The van der Waals surface area contributed by atoms with Gasteiger partial charge in [-0.25, -0.2) is 4.98 Å². The van der Waals surface area contributed by atoms with Crippen molar-refractivity contribution in [3.63, 3.8) is 0 Å². The summed E-state index contributed by atoms with van der Waals surface area (Å²) < 4.78 is 10.8. The van der Waals surface area contributed by atoms with Crippen LogP contribution in [0, 0.1) is 6.92 Å². The summed E-state index contributed by atoms with van der Waals surface area (Å²) in [4.78, 5) is 4.18. The SMILES string of the molecule is Cc1nc(COC2CCCNC2)co1. The van der Waals surface area contributed by atoms with Gasteiger partial charge in [0.2, 0.25) is 0 Å². The summed E-state index contributed by atoms with van der Waals surface area (Å²) in [5.74, 6) is 0.699. The summed E-state index contributed by atoms with van der Waals surface area (Å²) in [6, 6.07) is 0. The van der Waals surface area contributed by atoms with E-state index in [-0.39, 0.29) is 0 Å². The molecule has 1 aliphatic rings. The minimum Gasteiger partial charge on any atom is -0.449 e. The molecule has 1 unspecified atom stereocenters. The highest BCUT2D eigenvalue weighted by Gasteiger charge is 2.13. The molecule has 2 rings (SSSR count). The van der Waals surface area contributed by atoms with E-state index in [0.29, 0.717) is 18.6 Å². The number of nitrogens with zero attached hydrogens (tertiary/aromatic N) is 1. The molecule has 1 N–H and O–H groups in total. The highest BCUT2D eigenvalue weighted by molar-refractivity contribution is 4.93. The van der Waals surface area contributed by atoms with E-state index in [2.05, 4.69) is 10.3 Å². The summed E-state index contributed by atoms with van der Waals surface area (Å²) in [6.45, 7) is 4.47. The largest absolute Gasteiger partial charge is 0.449 e. The highest BCUT2D eigenvalue weighted by atomic mass is 16.5. The summed E-state index contributed by atoms with van der Waals surface area (Å²) >= 11 is 0. The molecule has 0 bridgehead atoms. The van der Waals surface area contributed by atoms with Crippen LogP contribution in [-0.2, 0) is 11.3 Å². The minimum absolute atomic E-state index is 0.334. The number of aryl methyl sites for hydroxylation is 1. The second-order valence-corrected chi connectivity index (χ2v) is 3.64. The van der Waals surface area contributed by atoms with Crippen LogP contribution in [0.25, 0.3) is 0 Å². The van der Waals surface area contributed by atoms with E-state index in [4.69, 9.17) is 9.15 Å². The van der Waals surface area contributed by atoms with Crippen molar-refractivity contribution < 1.29 is 9.15 Å². The molecule has 14 heavy (non-hydrogen) atoms. The number of ether oxygens (including phenoxy) is 1. The topological polar surface area (TPSA) is 47.3 Å². The summed E-state index contributed by atoms with van der Waals surface area (Å²) in [7, 11) is 0. The molecule has 78 valence electrons. The second kappa shape index (κ2) is 4.57. The van der Waals surface area contributed by atoms with Gasteiger partial charge in [0, 0.05) is 13.5 Å². The Morgan fingerprint density at radius 1 is 1.71 bits per heavy atom. The van der Waals surface area contributed by atoms with E-state index in [1.54, 1.807) is 6.26 Å². The monoisotopic (exact) mass is 196 g/mol. The first-order chi connectivity index (χ1) is 6.84. The molecule has 0 spiro atoms. The zero-order valence-corrected chi connectivity index (χ0v) is 8.45. The fraction of sp³-hybridized carbons (Fsp3) is 0.700. The smallest absolute Gasteiger partial charge is 0.191 e. The van der Waals surface area contributed by atoms with Crippen molar-refractivity contribution in [2.75, 3.05) is 13.1 Å². The van der Waals surface area contributed by atoms with Crippen LogP contribution < -0.4 is 5.32 Å². The second-order valence-electron chi connectivity index (χ2n) is 3.64. The number of nitrogens with one attached hydrogen (secondary N) is 1. The standard InChI is InChI=1S/C10H16N2O2/c1-8-12-9(6-13-8)7-14-10-3-2-4-11-5-10/h6,10-11H,2-5,7H2,1H3. The maximum atomic E-state index is 5.70. The van der Waals surface area contributed by atoms with E-state index in [1.165, 1.54) is 6.42 Å². The highest BCUT2D eigenvalue weighted by Crippen LogP contribution is 2.09.